The van der Waals surface area contributed by atoms with Gasteiger partial charge < -0.3 is 4.57 Å². The van der Waals surface area contributed by atoms with E-state index in [1.54, 1.807) is 18.2 Å². The van der Waals surface area contributed by atoms with Crippen LogP contribution in [0.2, 0.25) is 0 Å². The van der Waals surface area contributed by atoms with Gasteiger partial charge in [0, 0.05) is 24.8 Å². The van der Waals surface area contributed by atoms with Gasteiger partial charge in [0.1, 0.15) is 0 Å². The van der Waals surface area contributed by atoms with Crippen molar-refractivity contribution in [3.05, 3.63) is 74.6 Å². The number of carbonyl (C=O) groups is 1. The van der Waals surface area contributed by atoms with Crippen molar-refractivity contribution >= 4 is 39.2 Å². The average molecular weight is 381 g/mol. The summed E-state index contributed by atoms with van der Waals surface area (Å²) in [5, 5.41) is 10.7. The molecule has 1 amide bonds. The van der Waals surface area contributed by atoms with E-state index in [4.69, 9.17) is 0 Å². The lowest BCUT2D eigenvalue weighted by molar-refractivity contribution is -0.384. The van der Waals surface area contributed by atoms with Gasteiger partial charge in [-0.2, -0.15) is 4.99 Å². The van der Waals surface area contributed by atoms with Crippen LogP contribution in [0.1, 0.15) is 24.5 Å². The number of rotatable bonds is 5. The monoisotopic (exact) mass is 381 g/mol. The van der Waals surface area contributed by atoms with Crippen LogP contribution >= 0.6 is 11.3 Å². The lowest BCUT2D eigenvalue weighted by Gasteiger charge is -2.02. The van der Waals surface area contributed by atoms with Crippen molar-refractivity contribution in [3.63, 3.8) is 0 Å². The van der Waals surface area contributed by atoms with E-state index < -0.39 is 4.92 Å². The molecule has 0 bridgehead atoms. The van der Waals surface area contributed by atoms with Gasteiger partial charge in [0.2, 0.25) is 0 Å². The van der Waals surface area contributed by atoms with Crippen molar-refractivity contribution in [2.45, 2.75) is 26.8 Å². The molecule has 3 aromatic rings. The molecule has 0 aliphatic heterocycles. The molecule has 27 heavy (non-hydrogen) atoms. The molecule has 0 saturated heterocycles. The SMILES string of the molecule is CCCn1c(=NC(=O)/C=C/c2ccc([N+](=O)[O-])cc2)sc2cc(C)ccc21. The molecule has 0 aliphatic carbocycles. The van der Waals surface area contributed by atoms with Gasteiger partial charge in [0.25, 0.3) is 11.6 Å². The zero-order chi connectivity index (χ0) is 19.4. The summed E-state index contributed by atoms with van der Waals surface area (Å²) in [5.74, 6) is -0.360. The molecule has 1 aromatic heterocycles. The molecule has 0 spiro atoms. The molecule has 1 heterocycles. The first kappa shape index (κ1) is 18.7. The molecule has 3 rings (SSSR count). The number of nitro benzene ring substituents is 1. The van der Waals surface area contributed by atoms with Crippen LogP contribution in [0.15, 0.2) is 53.5 Å². The maximum absolute atomic E-state index is 12.3. The summed E-state index contributed by atoms with van der Waals surface area (Å²) in [4.78, 5) is 27.4. The van der Waals surface area contributed by atoms with Crippen LogP contribution in [0.3, 0.4) is 0 Å². The number of hydrogen-bond acceptors (Lipinski definition) is 4. The molecule has 0 aliphatic rings. The zero-order valence-electron chi connectivity index (χ0n) is 15.1. The van der Waals surface area contributed by atoms with Gasteiger partial charge in [-0.25, -0.2) is 0 Å². The topological polar surface area (TPSA) is 77.5 Å². The Balaban J connectivity index is 1.90. The van der Waals surface area contributed by atoms with E-state index in [9.17, 15) is 14.9 Å². The number of non-ortho nitro benzene ring substituents is 1. The lowest BCUT2D eigenvalue weighted by Crippen LogP contribution is -2.16. The highest BCUT2D eigenvalue weighted by Gasteiger charge is 2.07. The van der Waals surface area contributed by atoms with Crippen LogP contribution in [-0.4, -0.2) is 15.4 Å². The molecule has 0 unspecified atom stereocenters. The maximum Gasteiger partial charge on any atom is 0.272 e. The van der Waals surface area contributed by atoms with Crippen LogP contribution in [0.25, 0.3) is 16.3 Å². The molecule has 7 heteroatoms. The Labute approximate surface area is 160 Å². The fraction of sp³-hybridized carbons (Fsp3) is 0.200. The minimum Gasteiger partial charge on any atom is -0.316 e. The van der Waals surface area contributed by atoms with Gasteiger partial charge >= 0.3 is 0 Å². The average Bonchev–Trinajstić information content (AvgIpc) is 2.97. The highest BCUT2D eigenvalue weighted by Crippen LogP contribution is 2.19. The van der Waals surface area contributed by atoms with Crippen molar-refractivity contribution in [2.75, 3.05) is 0 Å². The second-order valence-corrected chi connectivity index (χ2v) is 7.15. The number of carbonyl (C=O) groups excluding carboxylic acids is 1. The van der Waals surface area contributed by atoms with E-state index in [-0.39, 0.29) is 11.6 Å². The number of amides is 1. The highest BCUT2D eigenvalue weighted by molar-refractivity contribution is 7.16. The van der Waals surface area contributed by atoms with E-state index >= 15 is 0 Å². The first-order chi connectivity index (χ1) is 13.0. The van der Waals surface area contributed by atoms with Gasteiger partial charge in [-0.15, -0.1) is 0 Å². The summed E-state index contributed by atoms with van der Waals surface area (Å²) in [5.41, 5.74) is 2.98. The highest BCUT2D eigenvalue weighted by atomic mass is 32.1. The van der Waals surface area contributed by atoms with Gasteiger partial charge in [-0.05, 0) is 54.8 Å². The Morgan fingerprint density at radius 3 is 2.67 bits per heavy atom. The molecule has 2 aromatic carbocycles. The van der Waals surface area contributed by atoms with Crippen LogP contribution in [0.5, 0.6) is 0 Å². The van der Waals surface area contributed by atoms with E-state index in [2.05, 4.69) is 34.7 Å². The molecule has 0 radical (unpaired) electrons. The molecular weight excluding hydrogens is 362 g/mol. The van der Waals surface area contributed by atoms with Crippen LogP contribution in [0, 0.1) is 17.0 Å². The minimum atomic E-state index is -0.455. The predicted octanol–water partition coefficient (Wildman–Crippen LogP) is 4.47. The van der Waals surface area contributed by atoms with Gasteiger partial charge in [0.15, 0.2) is 4.80 Å². The predicted molar refractivity (Wildman–Crippen MR) is 108 cm³/mol. The van der Waals surface area contributed by atoms with Gasteiger partial charge in [0.05, 0.1) is 15.1 Å². The smallest absolute Gasteiger partial charge is 0.272 e. The van der Waals surface area contributed by atoms with Crippen molar-refractivity contribution in [2.24, 2.45) is 4.99 Å². The Hall–Kier alpha value is -3.06. The van der Waals surface area contributed by atoms with Crippen molar-refractivity contribution in [3.8, 4) is 0 Å². The zero-order valence-corrected chi connectivity index (χ0v) is 15.9. The molecule has 0 saturated carbocycles. The number of hydrogen-bond donors (Lipinski definition) is 0. The second-order valence-electron chi connectivity index (χ2n) is 6.14. The van der Waals surface area contributed by atoms with E-state index in [0.29, 0.717) is 10.4 Å². The quantitative estimate of drug-likeness (QED) is 0.372. The number of aromatic nitrogens is 1. The van der Waals surface area contributed by atoms with Crippen molar-refractivity contribution in [1.82, 2.24) is 4.57 Å². The summed E-state index contributed by atoms with van der Waals surface area (Å²) in [6, 6.07) is 12.2. The van der Waals surface area contributed by atoms with E-state index in [1.165, 1.54) is 35.1 Å². The van der Waals surface area contributed by atoms with Crippen LogP contribution < -0.4 is 4.80 Å². The normalized spacial score (nSPS) is 12.1. The third-order valence-electron chi connectivity index (χ3n) is 4.01. The Morgan fingerprint density at radius 1 is 1.26 bits per heavy atom. The van der Waals surface area contributed by atoms with Crippen molar-refractivity contribution in [1.29, 1.82) is 0 Å². The van der Waals surface area contributed by atoms with Crippen LogP contribution in [0.4, 0.5) is 5.69 Å². The number of fused-ring (bicyclic) bond motifs is 1. The molecule has 138 valence electrons. The van der Waals surface area contributed by atoms with Gasteiger partial charge in [-0.3, -0.25) is 14.9 Å². The Kier molecular flexibility index (Phi) is 5.61. The summed E-state index contributed by atoms with van der Waals surface area (Å²) in [7, 11) is 0. The Morgan fingerprint density at radius 2 is 2.00 bits per heavy atom. The summed E-state index contributed by atoms with van der Waals surface area (Å²) in [6.45, 7) is 4.92. The summed E-state index contributed by atoms with van der Waals surface area (Å²) in [6.07, 6.45) is 3.93. The Bertz CT molecular complexity index is 1090. The molecule has 0 fully saturated rings. The molecule has 6 nitrogen and oxygen atoms in total. The first-order valence-electron chi connectivity index (χ1n) is 8.59. The van der Waals surface area contributed by atoms with E-state index in [0.717, 1.165) is 23.2 Å². The summed E-state index contributed by atoms with van der Waals surface area (Å²) < 4.78 is 3.17. The molecule has 0 N–H and O–H groups in total. The van der Waals surface area contributed by atoms with Crippen LogP contribution in [-0.2, 0) is 11.3 Å². The number of nitro groups is 1. The number of benzene rings is 2. The minimum absolute atomic E-state index is 0.0179. The maximum atomic E-state index is 12.3. The number of thiazole rings is 1. The lowest BCUT2D eigenvalue weighted by atomic mass is 10.2. The number of aryl methyl sites for hydroxylation is 2. The van der Waals surface area contributed by atoms with Gasteiger partial charge in [-0.1, -0.05) is 24.3 Å². The standard InChI is InChI=1S/C20H19N3O3S/c1-3-12-22-17-10-4-14(2)13-18(17)27-20(22)21-19(24)11-7-15-5-8-16(9-6-15)23(25)26/h4-11,13H,3,12H2,1-2H3/b11-7+,21-20?. The first-order valence-corrected chi connectivity index (χ1v) is 9.41. The molecular formula is C20H19N3O3S. The second kappa shape index (κ2) is 8.09. The van der Waals surface area contributed by atoms with E-state index in [1.807, 2.05) is 6.92 Å². The fourth-order valence-corrected chi connectivity index (χ4v) is 3.87. The summed E-state index contributed by atoms with van der Waals surface area (Å²) >= 11 is 1.50. The van der Waals surface area contributed by atoms with Crippen molar-refractivity contribution < 1.29 is 9.72 Å². The third kappa shape index (κ3) is 4.38. The largest absolute Gasteiger partial charge is 0.316 e. The third-order valence-corrected chi connectivity index (χ3v) is 5.05. The number of nitrogens with zero attached hydrogens (tertiary/aromatic N) is 3. The molecule has 0 atom stereocenters. The fourth-order valence-electron chi connectivity index (χ4n) is 2.71.